The molecule has 1 aromatic carbocycles. The predicted molar refractivity (Wildman–Crippen MR) is 80.9 cm³/mol. The number of nitrogens with two attached hydrogens (primary N) is 1. The summed E-state index contributed by atoms with van der Waals surface area (Å²) >= 11 is 6.46. The number of halogens is 2. The van der Waals surface area contributed by atoms with Crippen LogP contribution in [0.5, 0.6) is 0 Å². The van der Waals surface area contributed by atoms with Crippen LogP contribution in [0.15, 0.2) is 38.1 Å². The Kier molecular flexibility index (Phi) is 4.99. The number of rotatable bonds is 4. The molecule has 0 aromatic heterocycles. The van der Waals surface area contributed by atoms with Crippen LogP contribution in [0, 0.1) is 0 Å². The Morgan fingerprint density at radius 3 is 2.22 bits per heavy atom. The molecule has 0 aliphatic rings. The molecule has 4 nitrogen and oxygen atoms in total. The minimum Gasteiger partial charge on any atom is -0.399 e. The molecular formula is C11H14Br2N2O2S. The van der Waals surface area contributed by atoms with Crippen LogP contribution >= 0.6 is 31.9 Å². The van der Waals surface area contributed by atoms with Crippen LogP contribution in [0.2, 0.25) is 0 Å². The summed E-state index contributed by atoms with van der Waals surface area (Å²) in [4.78, 5) is 0.167. The zero-order chi connectivity index (χ0) is 14.1. The van der Waals surface area contributed by atoms with Gasteiger partial charge in [-0.3, -0.25) is 0 Å². The van der Waals surface area contributed by atoms with Gasteiger partial charge in [0.15, 0.2) is 0 Å². The van der Waals surface area contributed by atoms with Crippen LogP contribution in [-0.4, -0.2) is 26.3 Å². The summed E-state index contributed by atoms with van der Waals surface area (Å²) < 4.78 is 26.9. The average Bonchev–Trinajstić information content (AvgIpc) is 2.13. The third-order valence-corrected chi connectivity index (χ3v) is 5.86. The summed E-state index contributed by atoms with van der Waals surface area (Å²) in [6.45, 7) is 5.76. The second kappa shape index (κ2) is 5.73. The highest BCUT2D eigenvalue weighted by Crippen LogP contribution is 2.34. The second-order valence-electron chi connectivity index (χ2n) is 4.03. The van der Waals surface area contributed by atoms with Crippen molar-refractivity contribution in [3.8, 4) is 0 Å². The van der Waals surface area contributed by atoms with E-state index in [0.29, 0.717) is 14.6 Å². The molecule has 0 aliphatic heterocycles. The van der Waals surface area contributed by atoms with Gasteiger partial charge in [-0.05, 0) is 50.9 Å². The topological polar surface area (TPSA) is 63.4 Å². The first-order chi connectivity index (χ1) is 8.16. The van der Waals surface area contributed by atoms with Crippen molar-refractivity contribution in [2.24, 2.45) is 0 Å². The maximum absolute atomic E-state index is 12.4. The monoisotopic (exact) mass is 396 g/mol. The molecule has 0 amide bonds. The Labute approximate surface area is 124 Å². The minimum absolute atomic E-state index is 0.167. The number of hydrogen-bond acceptors (Lipinski definition) is 3. The molecule has 0 bridgehead atoms. The number of nitrogen functional groups attached to an aromatic ring is 1. The molecule has 0 saturated heterocycles. The van der Waals surface area contributed by atoms with Gasteiger partial charge in [-0.1, -0.05) is 12.2 Å². The van der Waals surface area contributed by atoms with E-state index < -0.39 is 10.0 Å². The Hall–Kier alpha value is -0.370. The SMILES string of the molecule is C=C(C)CN(C)S(=O)(=O)c1c(Br)cc(N)cc1Br. The highest BCUT2D eigenvalue weighted by molar-refractivity contribution is 9.11. The van der Waals surface area contributed by atoms with Crippen LogP contribution < -0.4 is 5.73 Å². The minimum atomic E-state index is -3.59. The van der Waals surface area contributed by atoms with Crippen LogP contribution in [0.1, 0.15) is 6.92 Å². The largest absolute Gasteiger partial charge is 0.399 e. The molecule has 1 rings (SSSR count). The van der Waals surface area contributed by atoms with Crippen LogP contribution in [0.3, 0.4) is 0 Å². The van der Waals surface area contributed by atoms with Gasteiger partial charge in [0.25, 0.3) is 0 Å². The number of nitrogens with zero attached hydrogens (tertiary/aromatic N) is 1. The van der Waals surface area contributed by atoms with E-state index in [-0.39, 0.29) is 11.4 Å². The van der Waals surface area contributed by atoms with Crippen molar-refractivity contribution in [1.29, 1.82) is 0 Å². The van der Waals surface area contributed by atoms with Gasteiger partial charge in [0.1, 0.15) is 4.90 Å². The quantitative estimate of drug-likeness (QED) is 0.627. The number of likely N-dealkylation sites (N-methyl/N-ethyl adjacent to an activating group) is 1. The van der Waals surface area contributed by atoms with E-state index in [1.165, 1.54) is 11.4 Å². The molecule has 2 N–H and O–H groups in total. The molecule has 1 aromatic rings. The highest BCUT2D eigenvalue weighted by atomic mass is 79.9. The molecule has 0 fully saturated rings. The van der Waals surface area contributed by atoms with Crippen molar-refractivity contribution in [2.45, 2.75) is 11.8 Å². The second-order valence-corrected chi connectivity index (χ2v) is 7.72. The van der Waals surface area contributed by atoms with Crippen LogP contribution in [0.4, 0.5) is 5.69 Å². The molecule has 0 spiro atoms. The fourth-order valence-electron chi connectivity index (χ4n) is 1.45. The smallest absolute Gasteiger partial charge is 0.245 e. The zero-order valence-corrected chi connectivity index (χ0v) is 14.1. The Balaban J connectivity index is 3.33. The molecule has 0 atom stereocenters. The molecule has 0 saturated carbocycles. The van der Waals surface area contributed by atoms with Gasteiger partial charge >= 0.3 is 0 Å². The van der Waals surface area contributed by atoms with Crippen molar-refractivity contribution < 1.29 is 8.42 Å². The summed E-state index contributed by atoms with van der Waals surface area (Å²) in [5, 5.41) is 0. The number of sulfonamides is 1. The first-order valence-corrected chi connectivity index (χ1v) is 8.04. The average molecular weight is 398 g/mol. The summed E-state index contributed by atoms with van der Waals surface area (Å²) in [7, 11) is -2.08. The maximum atomic E-state index is 12.4. The van der Waals surface area contributed by atoms with Crippen LogP contribution in [0.25, 0.3) is 0 Å². The van der Waals surface area contributed by atoms with Crippen molar-refractivity contribution >= 4 is 47.6 Å². The first kappa shape index (κ1) is 15.7. The zero-order valence-electron chi connectivity index (χ0n) is 10.1. The van der Waals surface area contributed by atoms with E-state index in [9.17, 15) is 8.42 Å². The lowest BCUT2D eigenvalue weighted by Crippen LogP contribution is -2.29. The number of hydrogen-bond donors (Lipinski definition) is 1. The van der Waals surface area contributed by atoms with Crippen molar-refractivity contribution in [2.75, 3.05) is 19.3 Å². The fourth-order valence-corrected chi connectivity index (χ4v) is 5.21. The summed E-state index contributed by atoms with van der Waals surface area (Å²) in [5.41, 5.74) is 6.90. The van der Waals surface area contributed by atoms with Crippen molar-refractivity contribution in [3.63, 3.8) is 0 Å². The normalized spacial score (nSPS) is 11.8. The van der Waals surface area contributed by atoms with Gasteiger partial charge in [0, 0.05) is 28.2 Å². The molecule has 0 radical (unpaired) electrons. The summed E-state index contributed by atoms with van der Waals surface area (Å²) in [6, 6.07) is 3.12. The Bertz CT molecular complexity index is 562. The van der Waals surface area contributed by atoms with Gasteiger partial charge in [-0.25, -0.2) is 8.42 Å². The van der Waals surface area contributed by atoms with Gasteiger partial charge < -0.3 is 5.73 Å². The molecule has 0 aliphatic carbocycles. The number of anilines is 1. The molecular weight excluding hydrogens is 384 g/mol. The van der Waals surface area contributed by atoms with E-state index in [0.717, 1.165) is 5.57 Å². The third kappa shape index (κ3) is 3.34. The molecule has 0 heterocycles. The van der Waals surface area contributed by atoms with Gasteiger partial charge in [0.05, 0.1) is 0 Å². The predicted octanol–water partition coefficient (Wildman–Crippen LogP) is 2.99. The molecule has 100 valence electrons. The van der Waals surface area contributed by atoms with E-state index in [2.05, 4.69) is 38.4 Å². The molecule has 18 heavy (non-hydrogen) atoms. The van der Waals surface area contributed by atoms with Crippen molar-refractivity contribution in [3.05, 3.63) is 33.2 Å². The Morgan fingerprint density at radius 2 is 1.83 bits per heavy atom. The van der Waals surface area contributed by atoms with Gasteiger partial charge in [-0.2, -0.15) is 4.31 Å². The van der Waals surface area contributed by atoms with E-state index in [4.69, 9.17) is 5.73 Å². The summed E-state index contributed by atoms with van der Waals surface area (Å²) in [6.07, 6.45) is 0. The molecule has 7 heteroatoms. The number of benzene rings is 1. The lowest BCUT2D eigenvalue weighted by molar-refractivity contribution is 0.492. The van der Waals surface area contributed by atoms with Crippen LogP contribution in [-0.2, 0) is 10.0 Å². The molecule has 0 unspecified atom stereocenters. The first-order valence-electron chi connectivity index (χ1n) is 5.01. The standard InChI is InChI=1S/C11H14Br2N2O2S/c1-7(2)6-15(3)18(16,17)11-9(12)4-8(14)5-10(11)13/h4-5H,1,6,14H2,2-3H3. The lowest BCUT2D eigenvalue weighted by atomic mass is 10.3. The van der Waals surface area contributed by atoms with E-state index >= 15 is 0 Å². The summed E-state index contributed by atoms with van der Waals surface area (Å²) in [5.74, 6) is 0. The van der Waals surface area contributed by atoms with E-state index in [1.54, 1.807) is 19.1 Å². The fraction of sp³-hybridized carbons (Fsp3) is 0.273. The lowest BCUT2D eigenvalue weighted by Gasteiger charge is -2.19. The van der Waals surface area contributed by atoms with Gasteiger partial charge in [-0.15, -0.1) is 0 Å². The third-order valence-electron chi connectivity index (χ3n) is 2.18. The van der Waals surface area contributed by atoms with Gasteiger partial charge in [0.2, 0.25) is 10.0 Å². The van der Waals surface area contributed by atoms with E-state index in [1.807, 2.05) is 0 Å². The Morgan fingerprint density at radius 1 is 1.39 bits per heavy atom. The highest BCUT2D eigenvalue weighted by Gasteiger charge is 2.26. The van der Waals surface area contributed by atoms with Crippen molar-refractivity contribution in [1.82, 2.24) is 4.31 Å². The maximum Gasteiger partial charge on any atom is 0.245 e.